The van der Waals surface area contributed by atoms with Gasteiger partial charge in [0, 0.05) is 6.54 Å². The molecule has 7 nitrogen and oxygen atoms in total. The highest BCUT2D eigenvalue weighted by molar-refractivity contribution is 5.89. The molecule has 0 radical (unpaired) electrons. The molecular formula is C17H23NO6. The molecule has 1 rings (SSSR count). The summed E-state index contributed by atoms with van der Waals surface area (Å²) in [6.07, 6.45) is -0.559. The first-order valence-electron chi connectivity index (χ1n) is 7.51. The monoisotopic (exact) mass is 337 g/mol. The summed E-state index contributed by atoms with van der Waals surface area (Å²) in [5, 5.41) is 2.48. The number of carbonyl (C=O) groups excluding carboxylic acids is 3. The van der Waals surface area contributed by atoms with Crippen molar-refractivity contribution in [3.8, 4) is 0 Å². The molecule has 7 heteroatoms. The molecule has 132 valence electrons. The lowest BCUT2D eigenvalue weighted by Gasteiger charge is -2.19. The Balaban J connectivity index is 2.34. The zero-order valence-corrected chi connectivity index (χ0v) is 14.4. The second-order valence-electron chi connectivity index (χ2n) is 6.03. The molecular weight excluding hydrogens is 314 g/mol. The summed E-state index contributed by atoms with van der Waals surface area (Å²) in [4.78, 5) is 34.5. The summed E-state index contributed by atoms with van der Waals surface area (Å²) in [6, 6.07) is 6.62. The molecule has 0 aliphatic heterocycles. The third-order valence-corrected chi connectivity index (χ3v) is 2.75. The number of nitrogens with one attached hydrogen (secondary N) is 1. The van der Waals surface area contributed by atoms with Crippen molar-refractivity contribution in [2.45, 2.75) is 39.4 Å². The normalized spacial score (nSPS) is 10.7. The molecule has 0 atom stereocenters. The second kappa shape index (κ2) is 8.90. The van der Waals surface area contributed by atoms with Gasteiger partial charge in [-0.1, -0.05) is 12.1 Å². The van der Waals surface area contributed by atoms with Crippen LogP contribution in [0.1, 0.15) is 43.1 Å². The van der Waals surface area contributed by atoms with E-state index in [2.05, 4.69) is 10.1 Å². The molecule has 0 aliphatic carbocycles. The average Bonchev–Trinajstić information content (AvgIpc) is 2.50. The van der Waals surface area contributed by atoms with Crippen molar-refractivity contribution in [1.29, 1.82) is 0 Å². The molecule has 0 bridgehead atoms. The van der Waals surface area contributed by atoms with Gasteiger partial charge in [-0.15, -0.1) is 0 Å². The van der Waals surface area contributed by atoms with Crippen LogP contribution in [0.4, 0.5) is 4.79 Å². The van der Waals surface area contributed by atoms with E-state index in [-0.39, 0.29) is 19.6 Å². The zero-order valence-electron chi connectivity index (χ0n) is 14.4. The minimum Gasteiger partial charge on any atom is -0.465 e. The van der Waals surface area contributed by atoms with Gasteiger partial charge in [0.25, 0.3) is 0 Å². The number of methoxy groups -OCH3 is 1. The molecule has 0 fully saturated rings. The Bertz CT molecular complexity index is 591. The van der Waals surface area contributed by atoms with E-state index in [9.17, 15) is 14.4 Å². The molecule has 1 aromatic rings. The zero-order chi connectivity index (χ0) is 18.2. The summed E-state index contributed by atoms with van der Waals surface area (Å²) in [6.45, 7) is 5.42. The fourth-order valence-corrected chi connectivity index (χ4v) is 1.72. The molecule has 1 aromatic carbocycles. The minimum absolute atomic E-state index is 0.0237. The number of ether oxygens (including phenoxy) is 3. The summed E-state index contributed by atoms with van der Waals surface area (Å²) < 4.78 is 14.8. The summed E-state index contributed by atoms with van der Waals surface area (Å²) in [5.74, 6) is -0.917. The van der Waals surface area contributed by atoms with Gasteiger partial charge in [0.1, 0.15) is 12.2 Å². The molecule has 0 aliphatic rings. The van der Waals surface area contributed by atoms with Crippen molar-refractivity contribution < 1.29 is 28.6 Å². The number of rotatable bonds is 6. The summed E-state index contributed by atoms with van der Waals surface area (Å²) in [7, 11) is 1.30. The van der Waals surface area contributed by atoms with Crippen LogP contribution in [0.25, 0.3) is 0 Å². The maximum atomic E-state index is 11.7. The number of amides is 1. The van der Waals surface area contributed by atoms with Crippen LogP contribution in [0.3, 0.4) is 0 Å². The van der Waals surface area contributed by atoms with Crippen molar-refractivity contribution in [2.24, 2.45) is 0 Å². The Morgan fingerprint density at radius 3 is 2.50 bits per heavy atom. The molecule has 24 heavy (non-hydrogen) atoms. The quantitative estimate of drug-likeness (QED) is 0.633. The lowest BCUT2D eigenvalue weighted by molar-refractivity contribution is -0.144. The van der Waals surface area contributed by atoms with E-state index in [1.54, 1.807) is 45.0 Å². The molecule has 1 amide bonds. The van der Waals surface area contributed by atoms with Crippen LogP contribution < -0.4 is 5.32 Å². The highest BCUT2D eigenvalue weighted by Gasteiger charge is 2.16. The van der Waals surface area contributed by atoms with E-state index in [1.807, 2.05) is 0 Å². The van der Waals surface area contributed by atoms with Crippen molar-refractivity contribution in [3.05, 3.63) is 35.4 Å². The number of hydrogen-bond donors (Lipinski definition) is 1. The van der Waals surface area contributed by atoms with Crippen LogP contribution in [0.5, 0.6) is 0 Å². The molecule has 0 saturated carbocycles. The maximum absolute atomic E-state index is 11.7. The third kappa shape index (κ3) is 7.62. The highest BCUT2D eigenvalue weighted by atomic mass is 16.6. The Hall–Kier alpha value is -2.57. The maximum Gasteiger partial charge on any atom is 0.407 e. The standard InChI is InChI=1S/C17H23NO6/c1-17(2,3)24-16(21)18-9-8-14(19)23-11-12-6-5-7-13(10-12)15(20)22-4/h5-7,10H,8-9,11H2,1-4H3,(H,18,21). The van der Waals surface area contributed by atoms with Crippen LogP contribution >= 0.6 is 0 Å². The summed E-state index contributed by atoms with van der Waals surface area (Å²) in [5.41, 5.74) is 0.471. The fourth-order valence-electron chi connectivity index (χ4n) is 1.72. The predicted octanol–water partition coefficient (Wildman–Crippen LogP) is 2.43. The number of carbonyl (C=O) groups is 3. The number of hydrogen-bond acceptors (Lipinski definition) is 6. The SMILES string of the molecule is COC(=O)c1cccc(COC(=O)CCNC(=O)OC(C)(C)C)c1. The Morgan fingerprint density at radius 1 is 1.17 bits per heavy atom. The Morgan fingerprint density at radius 2 is 1.88 bits per heavy atom. The van der Waals surface area contributed by atoms with Crippen LogP contribution in [-0.4, -0.2) is 37.3 Å². The van der Waals surface area contributed by atoms with Crippen molar-refractivity contribution in [1.82, 2.24) is 5.32 Å². The lowest BCUT2D eigenvalue weighted by Crippen LogP contribution is -2.33. The van der Waals surface area contributed by atoms with Gasteiger partial charge in [-0.2, -0.15) is 0 Å². The van der Waals surface area contributed by atoms with Gasteiger partial charge in [0.15, 0.2) is 0 Å². The van der Waals surface area contributed by atoms with Crippen molar-refractivity contribution >= 4 is 18.0 Å². The lowest BCUT2D eigenvalue weighted by atomic mass is 10.1. The van der Waals surface area contributed by atoms with Crippen LogP contribution in [0.15, 0.2) is 24.3 Å². The van der Waals surface area contributed by atoms with Crippen LogP contribution in [0, 0.1) is 0 Å². The first kappa shape index (κ1) is 19.5. The molecule has 0 saturated heterocycles. The first-order valence-corrected chi connectivity index (χ1v) is 7.51. The molecule has 0 spiro atoms. The van der Waals surface area contributed by atoms with Gasteiger partial charge in [0.05, 0.1) is 19.1 Å². The van der Waals surface area contributed by atoms with E-state index in [0.29, 0.717) is 11.1 Å². The van der Waals surface area contributed by atoms with Gasteiger partial charge < -0.3 is 19.5 Å². The van der Waals surface area contributed by atoms with Gasteiger partial charge in [-0.25, -0.2) is 9.59 Å². The van der Waals surface area contributed by atoms with E-state index in [1.165, 1.54) is 7.11 Å². The van der Waals surface area contributed by atoms with Gasteiger partial charge in [-0.05, 0) is 38.5 Å². The topological polar surface area (TPSA) is 90.9 Å². The highest BCUT2D eigenvalue weighted by Crippen LogP contribution is 2.09. The first-order chi connectivity index (χ1) is 11.2. The predicted molar refractivity (Wildman–Crippen MR) is 86.4 cm³/mol. The molecule has 0 unspecified atom stereocenters. The van der Waals surface area contributed by atoms with Crippen molar-refractivity contribution in [3.63, 3.8) is 0 Å². The Labute approximate surface area is 141 Å². The van der Waals surface area contributed by atoms with E-state index < -0.39 is 23.6 Å². The molecule has 0 heterocycles. The number of alkyl carbamates (subject to hydrolysis) is 1. The fraction of sp³-hybridized carbons (Fsp3) is 0.471. The summed E-state index contributed by atoms with van der Waals surface area (Å²) >= 11 is 0. The van der Waals surface area contributed by atoms with Crippen molar-refractivity contribution in [2.75, 3.05) is 13.7 Å². The van der Waals surface area contributed by atoms with Gasteiger partial charge >= 0.3 is 18.0 Å². The smallest absolute Gasteiger partial charge is 0.407 e. The van der Waals surface area contributed by atoms with Crippen LogP contribution in [0.2, 0.25) is 0 Å². The second-order valence-corrected chi connectivity index (χ2v) is 6.03. The van der Waals surface area contributed by atoms with Gasteiger partial charge in [-0.3, -0.25) is 4.79 Å². The van der Waals surface area contributed by atoms with Crippen LogP contribution in [-0.2, 0) is 25.6 Å². The van der Waals surface area contributed by atoms with E-state index >= 15 is 0 Å². The average molecular weight is 337 g/mol. The van der Waals surface area contributed by atoms with Gasteiger partial charge in [0.2, 0.25) is 0 Å². The Kier molecular flexibility index (Phi) is 7.23. The minimum atomic E-state index is -0.588. The van der Waals surface area contributed by atoms with E-state index in [4.69, 9.17) is 9.47 Å². The largest absolute Gasteiger partial charge is 0.465 e. The molecule has 1 N–H and O–H groups in total. The number of benzene rings is 1. The molecule has 0 aromatic heterocycles. The third-order valence-electron chi connectivity index (χ3n) is 2.75. The van der Waals surface area contributed by atoms with E-state index in [0.717, 1.165) is 0 Å². The number of esters is 2.